The second kappa shape index (κ2) is 6.21. The van der Waals surface area contributed by atoms with Crippen molar-refractivity contribution in [3.8, 4) is 0 Å². The van der Waals surface area contributed by atoms with E-state index in [0.717, 1.165) is 23.1 Å². The van der Waals surface area contributed by atoms with E-state index >= 15 is 0 Å². The molecule has 2 nitrogen and oxygen atoms in total. The highest BCUT2D eigenvalue weighted by atomic mass is 79.9. The van der Waals surface area contributed by atoms with Crippen LogP contribution in [0.5, 0.6) is 0 Å². The summed E-state index contributed by atoms with van der Waals surface area (Å²) in [7, 11) is 2.18. The summed E-state index contributed by atoms with van der Waals surface area (Å²) >= 11 is 15.8. The quantitative estimate of drug-likeness (QED) is 0.750. The third kappa shape index (κ3) is 3.38. The summed E-state index contributed by atoms with van der Waals surface area (Å²) in [6.45, 7) is 5.63. The normalized spacial score (nSPS) is 28.4. The number of likely N-dealkylation sites (tertiary alicyclic amines) is 1. The number of hydrogen-bond donors (Lipinski definition) is 1. The van der Waals surface area contributed by atoms with Gasteiger partial charge < -0.3 is 10.2 Å². The molecule has 2 rings (SSSR count). The van der Waals surface area contributed by atoms with Crippen LogP contribution in [0.15, 0.2) is 16.6 Å². The fourth-order valence-electron chi connectivity index (χ4n) is 2.58. The molecule has 1 aromatic rings. The van der Waals surface area contributed by atoms with Crippen molar-refractivity contribution in [3.63, 3.8) is 0 Å². The summed E-state index contributed by atoms with van der Waals surface area (Å²) in [5.74, 6) is 0.583. The van der Waals surface area contributed by atoms with Gasteiger partial charge in [-0.3, -0.25) is 0 Å². The first-order valence-corrected chi connectivity index (χ1v) is 8.05. The molecule has 19 heavy (non-hydrogen) atoms. The second-order valence-electron chi connectivity index (χ2n) is 5.48. The number of hydrogen-bond acceptors (Lipinski definition) is 2. The van der Waals surface area contributed by atoms with Gasteiger partial charge in [-0.15, -0.1) is 0 Å². The van der Waals surface area contributed by atoms with Crippen molar-refractivity contribution >= 4 is 44.8 Å². The lowest BCUT2D eigenvalue weighted by atomic mass is 9.89. The minimum atomic E-state index is 0.431. The zero-order valence-electron chi connectivity index (χ0n) is 11.4. The molecule has 0 aliphatic carbocycles. The van der Waals surface area contributed by atoms with E-state index in [0.29, 0.717) is 28.0 Å². The molecule has 1 heterocycles. The van der Waals surface area contributed by atoms with Crippen LogP contribution in [0.25, 0.3) is 0 Å². The van der Waals surface area contributed by atoms with E-state index in [2.05, 4.69) is 47.0 Å². The molecule has 0 aromatic heterocycles. The Balaban J connectivity index is 2.15. The van der Waals surface area contributed by atoms with Crippen LogP contribution < -0.4 is 5.32 Å². The number of anilines is 1. The van der Waals surface area contributed by atoms with Gasteiger partial charge in [-0.25, -0.2) is 0 Å². The van der Waals surface area contributed by atoms with Gasteiger partial charge in [0, 0.05) is 23.1 Å². The summed E-state index contributed by atoms with van der Waals surface area (Å²) in [6, 6.07) is 4.92. The highest BCUT2D eigenvalue weighted by Gasteiger charge is 2.29. The smallest absolute Gasteiger partial charge is 0.0835 e. The van der Waals surface area contributed by atoms with E-state index in [9.17, 15) is 0 Å². The molecule has 0 amide bonds. The van der Waals surface area contributed by atoms with Gasteiger partial charge in [0.15, 0.2) is 0 Å². The number of rotatable bonds is 2. The Labute approximate surface area is 133 Å². The molecular weight excluding hydrogens is 347 g/mol. The Hall–Kier alpha value is 0.0400. The van der Waals surface area contributed by atoms with Gasteiger partial charge in [0.05, 0.1) is 15.7 Å². The van der Waals surface area contributed by atoms with E-state index in [1.54, 1.807) is 0 Å². The molecule has 0 spiro atoms. The van der Waals surface area contributed by atoms with Gasteiger partial charge in [0.1, 0.15) is 0 Å². The molecule has 3 unspecified atom stereocenters. The van der Waals surface area contributed by atoms with Crippen molar-refractivity contribution in [1.82, 2.24) is 4.90 Å². The largest absolute Gasteiger partial charge is 0.381 e. The number of benzene rings is 1. The minimum absolute atomic E-state index is 0.431. The minimum Gasteiger partial charge on any atom is -0.381 e. The first kappa shape index (κ1) is 15.4. The Bertz CT molecular complexity index is 467. The molecule has 1 fully saturated rings. The van der Waals surface area contributed by atoms with Crippen molar-refractivity contribution < 1.29 is 0 Å². The lowest BCUT2D eigenvalue weighted by Crippen LogP contribution is -2.48. The van der Waals surface area contributed by atoms with Crippen molar-refractivity contribution in [2.75, 3.05) is 18.9 Å². The monoisotopic (exact) mass is 364 g/mol. The first-order valence-electron chi connectivity index (χ1n) is 6.50. The molecule has 1 saturated heterocycles. The van der Waals surface area contributed by atoms with Crippen LogP contribution >= 0.6 is 39.1 Å². The van der Waals surface area contributed by atoms with Crippen LogP contribution in [0, 0.1) is 5.92 Å². The van der Waals surface area contributed by atoms with Crippen molar-refractivity contribution in [3.05, 3.63) is 26.7 Å². The number of nitrogens with zero attached hydrogens (tertiary/aromatic N) is 1. The van der Waals surface area contributed by atoms with E-state index in [1.807, 2.05) is 12.1 Å². The van der Waals surface area contributed by atoms with Crippen LogP contribution in [-0.4, -0.2) is 30.6 Å². The standard InChI is InChI=1S/C14H19BrCl2N2/c1-8-7-19(3)9(2)6-12(8)18-11-5-4-10(15)13(16)14(11)17/h4-5,8-9,12,18H,6-7H2,1-3H3. The molecule has 5 heteroatoms. The summed E-state index contributed by atoms with van der Waals surface area (Å²) in [5.41, 5.74) is 0.920. The van der Waals surface area contributed by atoms with E-state index in [-0.39, 0.29) is 0 Å². The van der Waals surface area contributed by atoms with E-state index in [1.165, 1.54) is 0 Å². The maximum absolute atomic E-state index is 6.30. The van der Waals surface area contributed by atoms with Crippen molar-refractivity contribution in [2.45, 2.75) is 32.4 Å². The number of nitrogens with one attached hydrogen (secondary N) is 1. The Morgan fingerprint density at radius 2 is 1.95 bits per heavy atom. The molecule has 1 aliphatic rings. The predicted octanol–water partition coefficient (Wildman–Crippen LogP) is 4.90. The number of piperidine rings is 1. The van der Waals surface area contributed by atoms with Crippen LogP contribution in [-0.2, 0) is 0 Å². The fourth-order valence-corrected chi connectivity index (χ4v) is 3.41. The fraction of sp³-hybridized carbons (Fsp3) is 0.571. The van der Waals surface area contributed by atoms with Gasteiger partial charge >= 0.3 is 0 Å². The van der Waals surface area contributed by atoms with Crippen LogP contribution in [0.3, 0.4) is 0 Å². The number of halogens is 3. The van der Waals surface area contributed by atoms with Crippen LogP contribution in [0.1, 0.15) is 20.3 Å². The highest BCUT2D eigenvalue weighted by molar-refractivity contribution is 9.10. The molecule has 0 bridgehead atoms. The lowest BCUT2D eigenvalue weighted by Gasteiger charge is -2.40. The second-order valence-corrected chi connectivity index (χ2v) is 7.09. The summed E-state index contributed by atoms with van der Waals surface area (Å²) < 4.78 is 0.828. The van der Waals surface area contributed by atoms with Crippen molar-refractivity contribution in [1.29, 1.82) is 0 Å². The summed E-state index contributed by atoms with van der Waals surface area (Å²) in [6.07, 6.45) is 1.11. The molecule has 0 radical (unpaired) electrons. The topological polar surface area (TPSA) is 15.3 Å². The van der Waals surface area contributed by atoms with Gasteiger partial charge in [-0.05, 0) is 54.4 Å². The third-order valence-electron chi connectivity index (χ3n) is 3.99. The molecule has 1 aromatic carbocycles. The first-order chi connectivity index (χ1) is 8.90. The van der Waals surface area contributed by atoms with Crippen LogP contribution in [0.4, 0.5) is 5.69 Å². The molecule has 1 N–H and O–H groups in total. The lowest BCUT2D eigenvalue weighted by molar-refractivity contribution is 0.145. The van der Waals surface area contributed by atoms with E-state index < -0.39 is 0 Å². The molecule has 1 aliphatic heterocycles. The van der Waals surface area contributed by atoms with Crippen LogP contribution in [0.2, 0.25) is 10.0 Å². The Morgan fingerprint density at radius 1 is 1.26 bits per heavy atom. The van der Waals surface area contributed by atoms with Gasteiger partial charge in [-0.1, -0.05) is 30.1 Å². The molecule has 106 valence electrons. The predicted molar refractivity (Wildman–Crippen MR) is 87.4 cm³/mol. The molecule has 0 saturated carbocycles. The van der Waals surface area contributed by atoms with Gasteiger partial charge in [0.2, 0.25) is 0 Å². The molecule has 3 atom stereocenters. The average Bonchev–Trinajstić information content (AvgIpc) is 2.36. The SMILES string of the molecule is CC1CN(C)C(C)CC1Nc1ccc(Br)c(Cl)c1Cl. The summed E-state index contributed by atoms with van der Waals surface area (Å²) in [5, 5.41) is 4.72. The Morgan fingerprint density at radius 3 is 2.63 bits per heavy atom. The maximum Gasteiger partial charge on any atom is 0.0835 e. The average molecular weight is 366 g/mol. The summed E-state index contributed by atoms with van der Waals surface area (Å²) in [4.78, 5) is 2.40. The van der Waals surface area contributed by atoms with Gasteiger partial charge in [0.25, 0.3) is 0 Å². The zero-order chi connectivity index (χ0) is 14.2. The maximum atomic E-state index is 6.30. The highest BCUT2D eigenvalue weighted by Crippen LogP contribution is 2.37. The van der Waals surface area contributed by atoms with Crippen molar-refractivity contribution in [2.24, 2.45) is 5.92 Å². The third-order valence-corrected chi connectivity index (χ3v) is 5.76. The van der Waals surface area contributed by atoms with E-state index in [4.69, 9.17) is 23.2 Å². The Kier molecular flexibility index (Phi) is 5.04. The van der Waals surface area contributed by atoms with Gasteiger partial charge in [-0.2, -0.15) is 0 Å². The molecular formula is C14H19BrCl2N2. The zero-order valence-corrected chi connectivity index (χ0v) is 14.5.